The van der Waals surface area contributed by atoms with E-state index in [1.807, 2.05) is 13.8 Å². The van der Waals surface area contributed by atoms with E-state index in [0.29, 0.717) is 43.7 Å². The number of alkyl carbamates (subject to hydrolysis) is 1. The Hall–Kier alpha value is -2.11. The van der Waals surface area contributed by atoms with Gasteiger partial charge < -0.3 is 39.6 Å². The molecule has 2 spiro atoms. The molecule has 8 heterocycles. The van der Waals surface area contributed by atoms with Gasteiger partial charge in [-0.2, -0.15) is 0 Å². The van der Waals surface area contributed by atoms with Crippen LogP contribution in [0.15, 0.2) is 0 Å². The van der Waals surface area contributed by atoms with Gasteiger partial charge in [-0.15, -0.1) is 0 Å². The van der Waals surface area contributed by atoms with Crippen molar-refractivity contribution in [1.82, 2.24) is 16.0 Å². The number of carbonyl (C=O) groups is 3. The van der Waals surface area contributed by atoms with Crippen LogP contribution in [0, 0.1) is 47.3 Å². The molecule has 0 aromatic carbocycles. The predicted octanol–water partition coefficient (Wildman–Crippen LogP) is 6.17. The van der Waals surface area contributed by atoms with Crippen molar-refractivity contribution in [2.75, 3.05) is 13.1 Å². The average Bonchev–Trinajstić information content (AvgIpc) is 3.54. The van der Waals surface area contributed by atoms with Gasteiger partial charge in [0.05, 0.1) is 12.2 Å². The number of fused-ring (bicyclic) bond motifs is 4. The Kier molecular flexibility index (Phi) is 12.0. The third kappa shape index (κ3) is 8.06. The first-order chi connectivity index (χ1) is 27.9. The van der Waals surface area contributed by atoms with Gasteiger partial charge in [-0.3, -0.25) is 9.59 Å². The molecule has 8 aliphatic heterocycles. The number of hydrogen-bond acceptors (Lipinski definition) is 12. The lowest BCUT2D eigenvalue weighted by Gasteiger charge is -2.60. The monoisotopic (exact) mass is 834 g/mol. The van der Waals surface area contributed by atoms with Gasteiger partial charge in [0.25, 0.3) is 0 Å². The highest BCUT2D eigenvalue weighted by Crippen LogP contribution is 2.62. The minimum Gasteiger partial charge on any atom is -0.444 e. The van der Waals surface area contributed by atoms with E-state index in [-0.39, 0.29) is 66.5 Å². The molecule has 17 atom stereocenters. The number of hydrogen-bond donors (Lipinski definition) is 3. The summed E-state index contributed by atoms with van der Waals surface area (Å²) in [4.78, 5) is 64.4. The fraction of sp³-hybridized carbons (Fsp3) is 0.932. The summed E-state index contributed by atoms with van der Waals surface area (Å²) >= 11 is 0. The molecule has 10 fully saturated rings. The highest BCUT2D eigenvalue weighted by molar-refractivity contribution is 5.86. The Balaban J connectivity index is 0.848. The van der Waals surface area contributed by atoms with Crippen molar-refractivity contribution in [3.8, 4) is 0 Å². The summed E-state index contributed by atoms with van der Waals surface area (Å²) in [5.41, 5.74) is -2.04. The minimum atomic E-state index is -0.985. The molecular formula is C44H71N3O12. The van der Waals surface area contributed by atoms with Crippen LogP contribution >= 0.6 is 0 Å². The summed E-state index contributed by atoms with van der Waals surface area (Å²) in [5.74, 6) is -0.0848. The molecule has 0 unspecified atom stereocenters. The van der Waals surface area contributed by atoms with Gasteiger partial charge in [0.1, 0.15) is 11.6 Å². The lowest BCUT2D eigenvalue weighted by Crippen LogP contribution is -2.70. The summed E-state index contributed by atoms with van der Waals surface area (Å²) in [5, 5.41) is 8.77. The molecule has 4 bridgehead atoms. The quantitative estimate of drug-likeness (QED) is 0.203. The summed E-state index contributed by atoms with van der Waals surface area (Å²) in [6.45, 7) is 18.8. The zero-order chi connectivity index (χ0) is 42.1. The third-order valence-electron chi connectivity index (χ3n) is 15.7. The van der Waals surface area contributed by atoms with Gasteiger partial charge in [-0.25, -0.2) is 24.3 Å². The van der Waals surface area contributed by atoms with Crippen LogP contribution < -0.4 is 16.0 Å². The Bertz CT molecular complexity index is 1580. The molecule has 0 radical (unpaired) electrons. The molecular weight excluding hydrogens is 762 g/mol. The van der Waals surface area contributed by atoms with Gasteiger partial charge in [0.2, 0.25) is 23.4 Å². The zero-order valence-electron chi connectivity index (χ0n) is 36.8. The second-order valence-electron chi connectivity index (χ2n) is 20.8. The average molecular weight is 834 g/mol. The number of ether oxygens (including phenoxy) is 5. The van der Waals surface area contributed by atoms with Crippen LogP contribution in [0.1, 0.15) is 139 Å². The molecule has 15 heteroatoms. The standard InChI is InChI=1S/C44H71N3O12/c1-24-10-12-30-26(3)33(51-37-43(30)28(24)16-20-41(8,53-37)56-58-43)18-22-45-35(48)15-14-32(47-39(50)55-40(5,6)7)36(49)46-23-19-34-27(4)31-13-11-25(2)29-17-21-42(9)54-38(52-34)44(29,31)59-57-42/h24-34,37-38H,10-23H2,1-9H3,(H,45,48)(H,46,49)(H,47,50)/t24-,25-,26-,27-,28+,29+,30+,31+,32+,33-,34-,37-,38-,41-,42-,43-,44-/m1/s1. The Morgan fingerprint density at radius 3 is 1.66 bits per heavy atom. The first-order valence-corrected chi connectivity index (χ1v) is 22.8. The number of amides is 3. The lowest BCUT2D eigenvalue weighted by atomic mass is 9.57. The van der Waals surface area contributed by atoms with Crippen molar-refractivity contribution in [3.63, 3.8) is 0 Å². The first kappa shape index (κ1) is 43.5. The SMILES string of the molecule is C[C@H]1[C@@H](CCNC(=O)CC[C@H](NC(=O)OC(C)(C)C)C(=O)NCC[C@H]2O[C@@H]3O[C@@]4(C)CC[C@H]5[C@H](C)CC[C@@H]([C@H]2C)[C@@]35OO4)O[C@@H]2O[C@@]3(C)CC[C@H]4[C@H](C)CC[C@@H]1[C@@]24OO3. The molecule has 3 amide bonds. The Morgan fingerprint density at radius 1 is 0.678 bits per heavy atom. The van der Waals surface area contributed by atoms with Crippen LogP contribution in [0.4, 0.5) is 4.79 Å². The third-order valence-corrected chi connectivity index (χ3v) is 15.7. The van der Waals surface area contributed by atoms with E-state index in [1.165, 1.54) is 0 Å². The smallest absolute Gasteiger partial charge is 0.408 e. The second-order valence-corrected chi connectivity index (χ2v) is 20.8. The van der Waals surface area contributed by atoms with Crippen molar-refractivity contribution in [2.45, 2.75) is 199 Å². The number of carbonyl (C=O) groups excluding carboxylic acids is 3. The molecule has 2 saturated carbocycles. The largest absolute Gasteiger partial charge is 0.444 e. The van der Waals surface area contributed by atoms with Crippen molar-refractivity contribution in [1.29, 1.82) is 0 Å². The van der Waals surface area contributed by atoms with Gasteiger partial charge in [0, 0.05) is 44.2 Å². The van der Waals surface area contributed by atoms with Crippen molar-refractivity contribution >= 4 is 17.9 Å². The summed E-state index contributed by atoms with van der Waals surface area (Å²) in [7, 11) is 0. The van der Waals surface area contributed by atoms with Crippen molar-refractivity contribution in [2.24, 2.45) is 47.3 Å². The fourth-order valence-corrected chi connectivity index (χ4v) is 12.5. The normalized spacial score (nSPS) is 46.5. The van der Waals surface area contributed by atoms with E-state index in [2.05, 4.69) is 43.6 Å². The van der Waals surface area contributed by atoms with Gasteiger partial charge in [-0.05, 0) is 128 Å². The predicted molar refractivity (Wildman–Crippen MR) is 211 cm³/mol. The van der Waals surface area contributed by atoms with Gasteiger partial charge in [-0.1, -0.05) is 27.7 Å². The number of rotatable bonds is 11. The Morgan fingerprint density at radius 2 is 1.17 bits per heavy atom. The van der Waals surface area contributed by atoms with Crippen LogP contribution in [-0.4, -0.2) is 90.2 Å². The second kappa shape index (κ2) is 16.2. The van der Waals surface area contributed by atoms with Crippen LogP contribution in [0.5, 0.6) is 0 Å². The van der Waals surface area contributed by atoms with Crippen LogP contribution in [0.25, 0.3) is 0 Å². The van der Waals surface area contributed by atoms with Gasteiger partial charge in [0.15, 0.2) is 23.8 Å². The molecule has 0 aromatic heterocycles. The summed E-state index contributed by atoms with van der Waals surface area (Å²) in [6.07, 6.45) is 6.80. The molecule has 10 aliphatic rings. The van der Waals surface area contributed by atoms with Crippen molar-refractivity contribution < 1.29 is 57.6 Å². The highest BCUT2D eigenvalue weighted by atomic mass is 17.3. The van der Waals surface area contributed by atoms with E-state index in [9.17, 15) is 14.4 Å². The Labute approximate surface area is 349 Å². The molecule has 0 aromatic rings. The topological polar surface area (TPSA) is 170 Å². The van der Waals surface area contributed by atoms with Crippen LogP contribution in [-0.2, 0) is 52.8 Å². The van der Waals surface area contributed by atoms with E-state index in [0.717, 1.165) is 51.4 Å². The minimum absolute atomic E-state index is 0.0293. The zero-order valence-corrected chi connectivity index (χ0v) is 36.8. The van der Waals surface area contributed by atoms with Crippen molar-refractivity contribution in [3.05, 3.63) is 0 Å². The fourth-order valence-electron chi connectivity index (χ4n) is 12.5. The van der Waals surface area contributed by atoms with E-state index < -0.39 is 53.1 Å². The number of nitrogens with one attached hydrogen (secondary N) is 3. The molecule has 334 valence electrons. The van der Waals surface area contributed by atoms with Crippen LogP contribution in [0.2, 0.25) is 0 Å². The first-order valence-electron chi connectivity index (χ1n) is 22.8. The molecule has 15 nitrogen and oxygen atoms in total. The molecule has 59 heavy (non-hydrogen) atoms. The van der Waals surface area contributed by atoms with E-state index in [1.54, 1.807) is 20.8 Å². The molecule has 2 aliphatic carbocycles. The molecule has 3 N–H and O–H groups in total. The lowest BCUT2D eigenvalue weighted by molar-refractivity contribution is -0.571. The van der Waals surface area contributed by atoms with E-state index in [4.69, 9.17) is 43.2 Å². The molecule has 10 rings (SSSR count). The maximum Gasteiger partial charge on any atom is 0.408 e. The molecule has 8 saturated heterocycles. The maximum atomic E-state index is 13.7. The summed E-state index contributed by atoms with van der Waals surface area (Å²) in [6, 6.07) is -0.985. The maximum absolute atomic E-state index is 13.7. The summed E-state index contributed by atoms with van der Waals surface area (Å²) < 4.78 is 31.9. The van der Waals surface area contributed by atoms with Gasteiger partial charge >= 0.3 is 6.09 Å². The highest BCUT2D eigenvalue weighted by Gasteiger charge is 2.70. The van der Waals surface area contributed by atoms with Crippen LogP contribution in [0.3, 0.4) is 0 Å². The van der Waals surface area contributed by atoms with E-state index >= 15 is 0 Å².